The second kappa shape index (κ2) is 6.06. The van der Waals surface area contributed by atoms with Gasteiger partial charge >= 0.3 is 0 Å². The summed E-state index contributed by atoms with van der Waals surface area (Å²) in [5.74, 6) is 0.983. The topological polar surface area (TPSA) is 31.3 Å². The van der Waals surface area contributed by atoms with Crippen molar-refractivity contribution in [3.8, 4) is 0 Å². The lowest BCUT2D eigenvalue weighted by Crippen LogP contribution is -2.42. The van der Waals surface area contributed by atoms with E-state index in [1.54, 1.807) is 0 Å². The number of likely N-dealkylation sites (N-methyl/N-ethyl adjacent to an activating group) is 1. The number of hydrogen-bond acceptors (Lipinski definition) is 3. The maximum atomic E-state index is 5.67. The van der Waals surface area contributed by atoms with Gasteiger partial charge < -0.3 is 19.4 Å². The molecular weight excluding hydrogens is 204 g/mol. The Balaban J connectivity index is 2.49. The molecule has 5 heteroatoms. The van der Waals surface area contributed by atoms with Crippen LogP contribution in [0.15, 0.2) is 4.99 Å². The molecule has 1 rings (SSSR count). The minimum atomic E-state index is 0.230. The molecule has 0 aliphatic carbocycles. The SMILES string of the molecule is CN1CCOC(CN=C(N(C)C)N(C)C)C1. The molecule has 5 nitrogen and oxygen atoms in total. The molecule has 1 atom stereocenters. The zero-order valence-electron chi connectivity index (χ0n) is 11.1. The Kier molecular flexibility index (Phi) is 5.02. The van der Waals surface area contributed by atoms with Crippen LogP contribution in [0, 0.1) is 0 Å². The van der Waals surface area contributed by atoms with Gasteiger partial charge in [-0.05, 0) is 7.05 Å². The van der Waals surface area contributed by atoms with Crippen molar-refractivity contribution in [2.24, 2.45) is 4.99 Å². The molecule has 0 aromatic rings. The number of nitrogens with zero attached hydrogens (tertiary/aromatic N) is 4. The Morgan fingerprint density at radius 2 is 1.94 bits per heavy atom. The molecule has 0 aromatic heterocycles. The van der Waals surface area contributed by atoms with E-state index >= 15 is 0 Å². The molecule has 1 heterocycles. The van der Waals surface area contributed by atoms with Crippen LogP contribution < -0.4 is 0 Å². The van der Waals surface area contributed by atoms with Gasteiger partial charge in [0, 0.05) is 41.3 Å². The lowest BCUT2D eigenvalue weighted by Gasteiger charge is -2.30. The van der Waals surface area contributed by atoms with Crippen LogP contribution in [-0.2, 0) is 4.74 Å². The number of guanidine groups is 1. The summed E-state index contributed by atoms with van der Waals surface area (Å²) in [5.41, 5.74) is 0. The van der Waals surface area contributed by atoms with E-state index in [9.17, 15) is 0 Å². The van der Waals surface area contributed by atoms with Crippen LogP contribution in [0.5, 0.6) is 0 Å². The predicted octanol–water partition coefficient (Wildman–Crippen LogP) is -0.204. The number of hydrogen-bond donors (Lipinski definition) is 0. The standard InChI is InChI=1S/C11H24N4O/c1-13(2)11(14(3)4)12-8-10-9-15(5)6-7-16-10/h10H,6-9H2,1-5H3. The molecule has 0 bridgehead atoms. The summed E-state index contributed by atoms with van der Waals surface area (Å²) in [4.78, 5) is 10.9. The van der Waals surface area contributed by atoms with Gasteiger partial charge in [0.15, 0.2) is 5.96 Å². The fourth-order valence-electron chi connectivity index (χ4n) is 1.84. The summed E-state index contributed by atoms with van der Waals surface area (Å²) in [6.07, 6.45) is 0.230. The first kappa shape index (κ1) is 13.3. The number of morpholine rings is 1. The highest BCUT2D eigenvalue weighted by atomic mass is 16.5. The molecule has 0 amide bonds. The maximum absolute atomic E-state index is 5.67. The first-order valence-corrected chi connectivity index (χ1v) is 5.70. The lowest BCUT2D eigenvalue weighted by molar-refractivity contribution is -0.0137. The van der Waals surface area contributed by atoms with Crippen LogP contribution >= 0.6 is 0 Å². The highest BCUT2D eigenvalue weighted by Gasteiger charge is 2.17. The first-order chi connectivity index (χ1) is 7.50. The van der Waals surface area contributed by atoms with E-state index in [0.29, 0.717) is 0 Å². The number of aliphatic imine (C=N–C) groups is 1. The monoisotopic (exact) mass is 228 g/mol. The summed E-state index contributed by atoms with van der Waals surface area (Å²) in [7, 11) is 10.1. The molecule has 0 saturated carbocycles. The lowest BCUT2D eigenvalue weighted by atomic mass is 10.3. The van der Waals surface area contributed by atoms with Gasteiger partial charge in [-0.3, -0.25) is 4.99 Å². The number of ether oxygens (including phenoxy) is 1. The van der Waals surface area contributed by atoms with Gasteiger partial charge in [0.1, 0.15) is 0 Å². The van der Waals surface area contributed by atoms with Crippen LogP contribution in [0.4, 0.5) is 0 Å². The largest absolute Gasteiger partial charge is 0.374 e. The molecule has 1 saturated heterocycles. The minimum Gasteiger partial charge on any atom is -0.374 e. The van der Waals surface area contributed by atoms with Crippen molar-refractivity contribution < 1.29 is 4.74 Å². The van der Waals surface area contributed by atoms with E-state index in [2.05, 4.69) is 16.9 Å². The zero-order valence-corrected chi connectivity index (χ0v) is 11.1. The van der Waals surface area contributed by atoms with Crippen molar-refractivity contribution >= 4 is 5.96 Å². The second-order valence-electron chi connectivity index (χ2n) is 4.68. The van der Waals surface area contributed by atoms with Crippen LogP contribution in [0.3, 0.4) is 0 Å². The molecule has 0 radical (unpaired) electrons. The molecule has 0 aromatic carbocycles. The third-order valence-corrected chi connectivity index (χ3v) is 2.58. The molecule has 1 fully saturated rings. The Bertz CT molecular complexity index is 230. The Labute approximate surface area is 98.7 Å². The van der Waals surface area contributed by atoms with Gasteiger partial charge in [-0.1, -0.05) is 0 Å². The molecule has 1 aliphatic heterocycles. The fraction of sp³-hybridized carbons (Fsp3) is 0.909. The fourth-order valence-corrected chi connectivity index (χ4v) is 1.84. The van der Waals surface area contributed by atoms with E-state index in [0.717, 1.165) is 32.2 Å². The van der Waals surface area contributed by atoms with Gasteiger partial charge in [0.2, 0.25) is 0 Å². The van der Waals surface area contributed by atoms with Gasteiger partial charge in [0.05, 0.1) is 19.3 Å². The Morgan fingerprint density at radius 1 is 1.31 bits per heavy atom. The van der Waals surface area contributed by atoms with Crippen molar-refractivity contribution in [1.82, 2.24) is 14.7 Å². The molecule has 1 aliphatic rings. The van der Waals surface area contributed by atoms with E-state index in [1.165, 1.54) is 0 Å². The van der Waals surface area contributed by atoms with E-state index in [1.807, 2.05) is 38.0 Å². The summed E-state index contributed by atoms with van der Waals surface area (Å²) in [6.45, 7) is 3.54. The maximum Gasteiger partial charge on any atom is 0.195 e. The Hall–Kier alpha value is -0.810. The van der Waals surface area contributed by atoms with Gasteiger partial charge in [-0.2, -0.15) is 0 Å². The highest BCUT2D eigenvalue weighted by Crippen LogP contribution is 2.03. The van der Waals surface area contributed by atoms with Crippen molar-refractivity contribution in [1.29, 1.82) is 0 Å². The van der Waals surface area contributed by atoms with Crippen LogP contribution in [0.2, 0.25) is 0 Å². The van der Waals surface area contributed by atoms with E-state index in [-0.39, 0.29) is 6.10 Å². The molecule has 0 spiro atoms. The summed E-state index contributed by atoms with van der Waals surface area (Å²) < 4.78 is 5.67. The third-order valence-electron chi connectivity index (χ3n) is 2.58. The smallest absolute Gasteiger partial charge is 0.195 e. The van der Waals surface area contributed by atoms with E-state index in [4.69, 9.17) is 4.74 Å². The van der Waals surface area contributed by atoms with Crippen LogP contribution in [0.1, 0.15) is 0 Å². The summed E-state index contributed by atoms with van der Waals surface area (Å²) in [6, 6.07) is 0. The number of rotatable bonds is 2. The Morgan fingerprint density at radius 3 is 2.44 bits per heavy atom. The van der Waals surface area contributed by atoms with Gasteiger partial charge in [0.25, 0.3) is 0 Å². The van der Waals surface area contributed by atoms with Crippen molar-refractivity contribution in [3.63, 3.8) is 0 Å². The van der Waals surface area contributed by atoms with Crippen molar-refractivity contribution in [3.05, 3.63) is 0 Å². The molecule has 94 valence electrons. The first-order valence-electron chi connectivity index (χ1n) is 5.70. The summed E-state index contributed by atoms with van der Waals surface area (Å²) in [5, 5.41) is 0. The van der Waals surface area contributed by atoms with Crippen LogP contribution in [0.25, 0.3) is 0 Å². The predicted molar refractivity (Wildman–Crippen MR) is 66.9 cm³/mol. The molecule has 16 heavy (non-hydrogen) atoms. The average molecular weight is 228 g/mol. The quantitative estimate of drug-likeness (QED) is 0.484. The molecule has 0 N–H and O–H groups in total. The van der Waals surface area contributed by atoms with Crippen molar-refractivity contribution in [2.45, 2.75) is 6.10 Å². The van der Waals surface area contributed by atoms with E-state index < -0.39 is 0 Å². The second-order valence-corrected chi connectivity index (χ2v) is 4.68. The molecular formula is C11H24N4O. The third kappa shape index (κ3) is 3.98. The van der Waals surface area contributed by atoms with Gasteiger partial charge in [-0.15, -0.1) is 0 Å². The molecule has 1 unspecified atom stereocenters. The summed E-state index contributed by atoms with van der Waals surface area (Å²) >= 11 is 0. The van der Waals surface area contributed by atoms with Gasteiger partial charge in [-0.25, -0.2) is 0 Å². The van der Waals surface area contributed by atoms with Crippen molar-refractivity contribution in [2.75, 3.05) is 61.5 Å². The highest BCUT2D eigenvalue weighted by molar-refractivity contribution is 5.79. The average Bonchev–Trinajstić information content (AvgIpc) is 2.16. The minimum absolute atomic E-state index is 0.230. The van der Waals surface area contributed by atoms with Crippen LogP contribution in [-0.4, -0.2) is 88.2 Å². The normalized spacial score (nSPS) is 21.7. The zero-order chi connectivity index (χ0) is 12.1.